The molecule has 2 aromatic heterocycles. The summed E-state index contributed by atoms with van der Waals surface area (Å²) in [5.74, 6) is 0.850. The Bertz CT molecular complexity index is 996. The fraction of sp³-hybridized carbons (Fsp3) is 0.500. The van der Waals surface area contributed by atoms with Crippen LogP contribution >= 0.6 is 0 Å². The first-order valence-corrected chi connectivity index (χ1v) is 11.7. The van der Waals surface area contributed by atoms with Crippen molar-refractivity contribution in [3.8, 4) is 0 Å². The normalized spacial score (nSPS) is 15.2. The van der Waals surface area contributed by atoms with Crippen LogP contribution in [0.4, 0.5) is 5.82 Å². The van der Waals surface area contributed by atoms with E-state index in [2.05, 4.69) is 42.0 Å². The molecule has 8 heteroatoms. The highest BCUT2D eigenvalue weighted by Gasteiger charge is 2.21. The third-order valence-corrected chi connectivity index (χ3v) is 6.06. The number of carbonyl (C=O) groups is 1. The molecular weight excluding hydrogens is 402 g/mol. The molecule has 0 spiro atoms. The minimum absolute atomic E-state index is 0.0292. The number of aromatic nitrogens is 4. The maximum atomic E-state index is 12.4. The van der Waals surface area contributed by atoms with Crippen molar-refractivity contribution in [2.45, 2.75) is 51.6 Å². The molecule has 1 aliphatic rings. The van der Waals surface area contributed by atoms with Crippen molar-refractivity contribution in [1.29, 1.82) is 0 Å². The largest absolute Gasteiger partial charge is 0.368 e. The van der Waals surface area contributed by atoms with Crippen molar-refractivity contribution in [2.24, 2.45) is 0 Å². The maximum absolute atomic E-state index is 12.4. The number of nitrogens with one attached hydrogen (secondary N) is 2. The standard InChI is InChI=1S/C24H33N7O/c1-2-3-12-25-22-21-23(27-17-26-22)31(18-28-21)14-7-13-30-15-10-20(11-16-30)29-24(32)19-8-5-4-6-9-19/h4-6,8-9,17-18,20H,2-3,7,10-16H2,1H3,(H,29,32)(H,25,26,27). The van der Waals surface area contributed by atoms with Crippen LogP contribution in [-0.4, -0.2) is 62.5 Å². The Balaban J connectivity index is 1.21. The van der Waals surface area contributed by atoms with Gasteiger partial charge in [0, 0.05) is 37.8 Å². The van der Waals surface area contributed by atoms with E-state index in [1.54, 1.807) is 6.33 Å². The average molecular weight is 436 g/mol. The molecule has 0 radical (unpaired) electrons. The lowest BCUT2D eigenvalue weighted by Crippen LogP contribution is -2.44. The van der Waals surface area contributed by atoms with Gasteiger partial charge in [0.1, 0.15) is 11.8 Å². The van der Waals surface area contributed by atoms with Gasteiger partial charge in [-0.2, -0.15) is 0 Å². The summed E-state index contributed by atoms with van der Waals surface area (Å²) >= 11 is 0. The quantitative estimate of drug-likeness (QED) is 0.475. The second kappa shape index (κ2) is 11.0. The van der Waals surface area contributed by atoms with Crippen LogP contribution in [0.3, 0.4) is 0 Å². The fourth-order valence-corrected chi connectivity index (χ4v) is 4.18. The summed E-state index contributed by atoms with van der Waals surface area (Å²) < 4.78 is 2.12. The Kier molecular flexibility index (Phi) is 7.66. The number of imidazole rings is 1. The molecule has 2 N–H and O–H groups in total. The number of nitrogens with zero attached hydrogens (tertiary/aromatic N) is 5. The fourth-order valence-electron chi connectivity index (χ4n) is 4.18. The number of unbranched alkanes of at least 4 members (excludes halogenated alkanes) is 1. The topological polar surface area (TPSA) is 88.0 Å². The van der Waals surface area contributed by atoms with E-state index in [4.69, 9.17) is 0 Å². The number of piperidine rings is 1. The first-order chi connectivity index (χ1) is 15.7. The van der Waals surface area contributed by atoms with Gasteiger partial charge in [-0.05, 0) is 44.4 Å². The first-order valence-electron chi connectivity index (χ1n) is 11.7. The minimum atomic E-state index is 0.0292. The molecule has 3 heterocycles. The van der Waals surface area contributed by atoms with E-state index in [1.165, 1.54) is 0 Å². The molecule has 1 saturated heterocycles. The van der Waals surface area contributed by atoms with Gasteiger partial charge in [0.25, 0.3) is 5.91 Å². The zero-order chi connectivity index (χ0) is 22.2. The van der Waals surface area contributed by atoms with Crippen LogP contribution in [0.2, 0.25) is 0 Å². The third-order valence-electron chi connectivity index (χ3n) is 6.06. The Hall–Kier alpha value is -3.00. The first kappa shape index (κ1) is 22.2. The van der Waals surface area contributed by atoms with Gasteiger partial charge in [-0.15, -0.1) is 0 Å². The van der Waals surface area contributed by atoms with Crippen LogP contribution in [0.1, 0.15) is 49.4 Å². The summed E-state index contributed by atoms with van der Waals surface area (Å²) in [5.41, 5.74) is 2.47. The molecule has 32 heavy (non-hydrogen) atoms. The summed E-state index contributed by atoms with van der Waals surface area (Å²) in [6.07, 6.45) is 8.76. The van der Waals surface area contributed by atoms with Crippen LogP contribution in [-0.2, 0) is 6.54 Å². The van der Waals surface area contributed by atoms with Gasteiger partial charge in [0.05, 0.1) is 6.33 Å². The molecule has 1 aromatic carbocycles. The number of fused-ring (bicyclic) bond motifs is 1. The maximum Gasteiger partial charge on any atom is 0.251 e. The van der Waals surface area contributed by atoms with Crippen LogP contribution in [0.25, 0.3) is 11.2 Å². The van der Waals surface area contributed by atoms with E-state index >= 15 is 0 Å². The lowest BCUT2D eigenvalue weighted by Gasteiger charge is -2.32. The summed E-state index contributed by atoms with van der Waals surface area (Å²) in [4.78, 5) is 28.2. The summed E-state index contributed by atoms with van der Waals surface area (Å²) in [7, 11) is 0. The predicted molar refractivity (Wildman–Crippen MR) is 127 cm³/mol. The number of likely N-dealkylation sites (tertiary alicyclic amines) is 1. The van der Waals surface area contributed by atoms with Crippen LogP contribution in [0.5, 0.6) is 0 Å². The molecule has 0 saturated carbocycles. The van der Waals surface area contributed by atoms with E-state index in [1.807, 2.05) is 36.7 Å². The zero-order valence-corrected chi connectivity index (χ0v) is 18.8. The monoisotopic (exact) mass is 435 g/mol. The average Bonchev–Trinajstić information content (AvgIpc) is 3.25. The Labute approximate surface area is 189 Å². The predicted octanol–water partition coefficient (Wildman–Crippen LogP) is 3.32. The number of benzene rings is 1. The SMILES string of the molecule is CCCCNc1ncnc2c1ncn2CCCN1CCC(NC(=O)c2ccccc2)CC1. The lowest BCUT2D eigenvalue weighted by molar-refractivity contribution is 0.0910. The lowest BCUT2D eigenvalue weighted by atomic mass is 10.0. The van der Waals surface area contributed by atoms with Crippen LogP contribution in [0.15, 0.2) is 43.0 Å². The van der Waals surface area contributed by atoms with Gasteiger partial charge >= 0.3 is 0 Å². The van der Waals surface area contributed by atoms with Gasteiger partial charge in [0.2, 0.25) is 0 Å². The van der Waals surface area contributed by atoms with E-state index < -0.39 is 0 Å². The second-order valence-corrected chi connectivity index (χ2v) is 8.42. The Morgan fingerprint density at radius 3 is 2.66 bits per heavy atom. The van der Waals surface area contributed by atoms with Gasteiger partial charge in [0.15, 0.2) is 11.5 Å². The van der Waals surface area contributed by atoms with Crippen molar-refractivity contribution in [2.75, 3.05) is 31.5 Å². The van der Waals surface area contributed by atoms with E-state index in [-0.39, 0.29) is 11.9 Å². The molecular formula is C24H33N7O. The van der Waals surface area contributed by atoms with Gasteiger partial charge < -0.3 is 20.1 Å². The number of rotatable bonds is 10. The molecule has 0 atom stereocenters. The highest BCUT2D eigenvalue weighted by molar-refractivity contribution is 5.94. The zero-order valence-electron chi connectivity index (χ0n) is 18.8. The molecule has 8 nitrogen and oxygen atoms in total. The van der Waals surface area contributed by atoms with Gasteiger partial charge in [-0.3, -0.25) is 4.79 Å². The summed E-state index contributed by atoms with van der Waals surface area (Å²) in [6.45, 7) is 7.01. The Morgan fingerprint density at radius 2 is 1.88 bits per heavy atom. The van der Waals surface area contributed by atoms with E-state index in [0.29, 0.717) is 0 Å². The molecule has 1 aliphatic heterocycles. The molecule has 0 bridgehead atoms. The highest BCUT2D eigenvalue weighted by atomic mass is 16.1. The number of carbonyl (C=O) groups excluding carboxylic acids is 1. The molecule has 3 aromatic rings. The molecule has 1 fully saturated rings. The Morgan fingerprint density at radius 1 is 1.06 bits per heavy atom. The number of hydrogen-bond acceptors (Lipinski definition) is 6. The number of amides is 1. The van der Waals surface area contributed by atoms with Crippen molar-refractivity contribution in [3.05, 3.63) is 48.5 Å². The van der Waals surface area contributed by atoms with Crippen molar-refractivity contribution < 1.29 is 4.79 Å². The van der Waals surface area contributed by atoms with Crippen molar-refractivity contribution in [3.63, 3.8) is 0 Å². The number of anilines is 1. The van der Waals surface area contributed by atoms with E-state index in [9.17, 15) is 4.79 Å². The molecule has 0 unspecified atom stereocenters. The van der Waals surface area contributed by atoms with Crippen molar-refractivity contribution in [1.82, 2.24) is 29.7 Å². The minimum Gasteiger partial charge on any atom is -0.368 e. The summed E-state index contributed by atoms with van der Waals surface area (Å²) in [6, 6.07) is 9.71. The van der Waals surface area contributed by atoms with Crippen molar-refractivity contribution >= 4 is 22.9 Å². The van der Waals surface area contributed by atoms with Crippen LogP contribution in [0, 0.1) is 0 Å². The van der Waals surface area contributed by atoms with Crippen LogP contribution < -0.4 is 10.6 Å². The number of hydrogen-bond donors (Lipinski definition) is 2. The smallest absolute Gasteiger partial charge is 0.251 e. The molecule has 4 rings (SSSR count). The second-order valence-electron chi connectivity index (χ2n) is 8.42. The highest BCUT2D eigenvalue weighted by Crippen LogP contribution is 2.18. The molecule has 1 amide bonds. The molecule has 170 valence electrons. The molecule has 0 aliphatic carbocycles. The van der Waals surface area contributed by atoms with Gasteiger partial charge in [-0.1, -0.05) is 31.5 Å². The van der Waals surface area contributed by atoms with E-state index in [0.717, 1.165) is 87.4 Å². The third kappa shape index (κ3) is 5.62. The number of aryl methyl sites for hydroxylation is 1. The summed E-state index contributed by atoms with van der Waals surface area (Å²) in [5, 5.41) is 6.55. The van der Waals surface area contributed by atoms with Gasteiger partial charge in [-0.25, -0.2) is 15.0 Å².